The number of aliphatic imine (C=N–C) groups is 2. The molecule has 1 aliphatic rings. The molecule has 0 aromatic carbocycles. The molecule has 0 radical (unpaired) electrons. The largest absolute Gasteiger partial charge is 0.390 e. The average Bonchev–Trinajstić information content (AvgIpc) is 1.98. The van der Waals surface area contributed by atoms with Crippen molar-refractivity contribution in [2.24, 2.45) is 15.7 Å². The molecule has 2 amide bonds. The summed E-state index contributed by atoms with van der Waals surface area (Å²) in [5, 5.41) is 2.28. The quantitative estimate of drug-likeness (QED) is 0.313. The third-order valence-corrected chi connectivity index (χ3v) is 1.03. The molecule has 0 saturated carbocycles. The van der Waals surface area contributed by atoms with Crippen LogP contribution in [0.3, 0.4) is 0 Å². The smallest absolute Gasteiger partial charge is 0.289 e. The van der Waals surface area contributed by atoms with Gasteiger partial charge >= 0.3 is 0 Å². The van der Waals surface area contributed by atoms with Gasteiger partial charge in [0.1, 0.15) is 0 Å². The molecule has 11 heavy (non-hydrogen) atoms. The molecule has 1 rings (SSSR count). The lowest BCUT2D eigenvalue weighted by Crippen LogP contribution is -2.39. The SMILES string of the molecule is NC=NC1=NC(=O)CNC1=O. The molecule has 3 N–H and O–H groups in total. The topological polar surface area (TPSA) is 96.9 Å². The van der Waals surface area contributed by atoms with Crippen molar-refractivity contribution in [1.29, 1.82) is 0 Å². The molecular formula is C5H6N4O2. The van der Waals surface area contributed by atoms with Gasteiger partial charge in [-0.1, -0.05) is 0 Å². The Labute approximate surface area is 62.2 Å². The van der Waals surface area contributed by atoms with Crippen LogP contribution in [0.4, 0.5) is 0 Å². The van der Waals surface area contributed by atoms with Gasteiger partial charge in [-0.2, -0.15) is 4.99 Å². The van der Waals surface area contributed by atoms with Crippen LogP contribution in [0.1, 0.15) is 0 Å². The van der Waals surface area contributed by atoms with E-state index in [-0.39, 0.29) is 12.4 Å². The second kappa shape index (κ2) is 2.91. The Balaban J connectivity index is 2.88. The zero-order valence-corrected chi connectivity index (χ0v) is 5.57. The van der Waals surface area contributed by atoms with Gasteiger partial charge in [0.2, 0.25) is 5.84 Å². The van der Waals surface area contributed by atoms with Gasteiger partial charge in [-0.15, -0.1) is 0 Å². The molecule has 0 spiro atoms. The summed E-state index contributed by atoms with van der Waals surface area (Å²) in [4.78, 5) is 28.1. The normalized spacial score (nSPS) is 18.4. The van der Waals surface area contributed by atoms with Crippen LogP contribution < -0.4 is 11.1 Å². The van der Waals surface area contributed by atoms with Crippen LogP contribution in [0.25, 0.3) is 0 Å². The van der Waals surface area contributed by atoms with E-state index in [0.29, 0.717) is 0 Å². The number of nitrogens with one attached hydrogen (secondary N) is 1. The van der Waals surface area contributed by atoms with E-state index >= 15 is 0 Å². The number of amides is 2. The average molecular weight is 154 g/mol. The third-order valence-electron chi connectivity index (χ3n) is 1.03. The van der Waals surface area contributed by atoms with Gasteiger partial charge in [0.25, 0.3) is 11.8 Å². The first-order valence-corrected chi connectivity index (χ1v) is 2.88. The fourth-order valence-corrected chi connectivity index (χ4v) is 0.601. The van der Waals surface area contributed by atoms with Crippen molar-refractivity contribution in [3.63, 3.8) is 0 Å². The number of amidine groups is 1. The van der Waals surface area contributed by atoms with Gasteiger partial charge in [-0.25, -0.2) is 4.99 Å². The summed E-state index contributed by atoms with van der Waals surface area (Å²) >= 11 is 0. The molecule has 1 aliphatic heterocycles. The second-order valence-corrected chi connectivity index (χ2v) is 1.79. The third kappa shape index (κ3) is 1.60. The fourth-order valence-electron chi connectivity index (χ4n) is 0.601. The number of carbonyl (C=O) groups excluding carboxylic acids is 2. The first kappa shape index (κ1) is 7.39. The maximum Gasteiger partial charge on any atom is 0.289 e. The van der Waals surface area contributed by atoms with Gasteiger partial charge in [0, 0.05) is 0 Å². The van der Waals surface area contributed by atoms with Crippen LogP contribution >= 0.6 is 0 Å². The molecule has 6 nitrogen and oxygen atoms in total. The Bertz CT molecular complexity index is 255. The van der Waals surface area contributed by atoms with Crippen molar-refractivity contribution >= 4 is 24.0 Å². The predicted molar refractivity (Wildman–Crippen MR) is 38.1 cm³/mol. The summed E-state index contributed by atoms with van der Waals surface area (Å²) in [5.41, 5.74) is 4.90. The highest BCUT2D eigenvalue weighted by Gasteiger charge is 2.17. The number of carbonyl (C=O) groups is 2. The minimum Gasteiger partial charge on any atom is -0.390 e. The monoisotopic (exact) mass is 154 g/mol. The van der Waals surface area contributed by atoms with Crippen LogP contribution in [0, 0.1) is 0 Å². The van der Waals surface area contributed by atoms with Crippen LogP contribution in [-0.2, 0) is 9.59 Å². The lowest BCUT2D eigenvalue weighted by molar-refractivity contribution is -0.122. The molecule has 0 bridgehead atoms. The standard InChI is InChI=1S/C5H6N4O2/c6-2-8-4-5(11)7-1-3(10)9-4/h2H,1H2,(H,7,11)(H2,6,8,9,10). The molecular weight excluding hydrogens is 148 g/mol. The summed E-state index contributed by atoms with van der Waals surface area (Å²) in [6.45, 7) is -0.0670. The Morgan fingerprint density at radius 2 is 2.36 bits per heavy atom. The molecule has 1 heterocycles. The molecule has 0 unspecified atom stereocenters. The van der Waals surface area contributed by atoms with E-state index in [9.17, 15) is 9.59 Å². The van der Waals surface area contributed by atoms with E-state index in [4.69, 9.17) is 5.73 Å². The first-order chi connectivity index (χ1) is 5.24. The van der Waals surface area contributed by atoms with Crippen molar-refractivity contribution in [2.45, 2.75) is 0 Å². The summed E-state index contributed by atoms with van der Waals surface area (Å²) in [7, 11) is 0. The minimum absolute atomic E-state index is 0.0670. The van der Waals surface area contributed by atoms with Crippen molar-refractivity contribution < 1.29 is 9.59 Å². The maximum atomic E-state index is 10.8. The first-order valence-electron chi connectivity index (χ1n) is 2.88. The predicted octanol–water partition coefficient (Wildman–Crippen LogP) is -1.97. The van der Waals surface area contributed by atoms with Gasteiger partial charge in [-0.3, -0.25) is 9.59 Å². The van der Waals surface area contributed by atoms with E-state index in [1.54, 1.807) is 0 Å². The van der Waals surface area contributed by atoms with Gasteiger partial charge in [0.05, 0.1) is 12.9 Å². The van der Waals surface area contributed by atoms with Crippen molar-refractivity contribution in [3.8, 4) is 0 Å². The van der Waals surface area contributed by atoms with Gasteiger partial charge in [-0.05, 0) is 0 Å². The Kier molecular flexibility index (Phi) is 1.95. The lowest BCUT2D eigenvalue weighted by Gasteiger charge is -2.06. The second-order valence-electron chi connectivity index (χ2n) is 1.79. The number of nitrogens with two attached hydrogens (primary N) is 1. The highest BCUT2D eigenvalue weighted by Crippen LogP contribution is 1.89. The maximum absolute atomic E-state index is 10.8. The Morgan fingerprint density at radius 3 is 3.00 bits per heavy atom. The fraction of sp³-hybridized carbons (Fsp3) is 0.200. The van der Waals surface area contributed by atoms with Crippen molar-refractivity contribution in [1.82, 2.24) is 5.32 Å². The highest BCUT2D eigenvalue weighted by atomic mass is 16.2. The number of hydrogen-bond donors (Lipinski definition) is 2. The van der Waals surface area contributed by atoms with Crippen LogP contribution in [-0.4, -0.2) is 30.5 Å². The summed E-state index contributed by atoms with van der Waals surface area (Å²) in [5.74, 6) is -1.10. The molecule has 0 fully saturated rings. The molecule has 0 saturated heterocycles. The lowest BCUT2D eigenvalue weighted by atomic mass is 10.4. The van der Waals surface area contributed by atoms with E-state index in [0.717, 1.165) is 6.34 Å². The molecule has 0 atom stereocenters. The molecule has 0 aromatic heterocycles. The summed E-state index contributed by atoms with van der Waals surface area (Å²) in [6, 6.07) is 0. The van der Waals surface area contributed by atoms with Crippen LogP contribution in [0.15, 0.2) is 9.98 Å². The number of hydrogen-bond acceptors (Lipinski definition) is 3. The van der Waals surface area contributed by atoms with Crippen LogP contribution in [0.5, 0.6) is 0 Å². The van der Waals surface area contributed by atoms with E-state index in [2.05, 4.69) is 15.3 Å². The van der Waals surface area contributed by atoms with Crippen molar-refractivity contribution in [3.05, 3.63) is 0 Å². The molecule has 0 aliphatic carbocycles. The Hall–Kier alpha value is -1.72. The summed E-state index contributed by atoms with van der Waals surface area (Å²) < 4.78 is 0. The minimum atomic E-state index is -0.480. The number of nitrogens with zero attached hydrogens (tertiary/aromatic N) is 2. The van der Waals surface area contributed by atoms with Gasteiger partial charge < -0.3 is 11.1 Å². The van der Waals surface area contributed by atoms with E-state index in [1.165, 1.54) is 0 Å². The van der Waals surface area contributed by atoms with Crippen LogP contribution in [0.2, 0.25) is 0 Å². The molecule has 58 valence electrons. The molecule has 6 heteroatoms. The van der Waals surface area contributed by atoms with E-state index in [1.807, 2.05) is 0 Å². The number of rotatable bonds is 0. The zero-order chi connectivity index (χ0) is 8.27. The zero-order valence-electron chi connectivity index (χ0n) is 5.57. The highest BCUT2D eigenvalue weighted by molar-refractivity contribution is 6.42. The van der Waals surface area contributed by atoms with Gasteiger partial charge in [0.15, 0.2) is 0 Å². The van der Waals surface area contributed by atoms with Crippen molar-refractivity contribution in [2.75, 3.05) is 6.54 Å². The molecule has 0 aromatic rings. The summed E-state index contributed by atoms with van der Waals surface area (Å²) in [6.07, 6.45) is 0.914. The van der Waals surface area contributed by atoms with E-state index < -0.39 is 11.8 Å². The Morgan fingerprint density at radius 1 is 1.64 bits per heavy atom.